The van der Waals surface area contributed by atoms with Crippen LogP contribution in [0, 0.1) is 0 Å². The molecule has 0 aliphatic rings. The molecule has 0 aliphatic carbocycles. The monoisotopic (exact) mass is 160 g/mol. The molecule has 0 amide bonds. The zero-order chi connectivity index (χ0) is 8.69. The minimum atomic E-state index is -0.509. The lowest BCUT2D eigenvalue weighted by atomic mass is 10.1. The molecular formula is C7H16N2O2. The lowest BCUT2D eigenvalue weighted by Crippen LogP contribution is -2.31. The molecule has 66 valence electrons. The van der Waals surface area contributed by atoms with Crippen molar-refractivity contribution < 1.29 is 9.90 Å². The molecule has 0 radical (unpaired) electrons. The Morgan fingerprint density at radius 3 is 2.36 bits per heavy atom. The predicted molar refractivity (Wildman–Crippen MR) is 43.2 cm³/mol. The molecule has 0 aromatic heterocycles. The van der Waals surface area contributed by atoms with Crippen molar-refractivity contribution in [3.8, 4) is 0 Å². The number of hydrogen-bond acceptors (Lipinski definition) is 4. The Balaban J connectivity index is 3.41. The topological polar surface area (TPSA) is 61.4 Å². The van der Waals surface area contributed by atoms with E-state index < -0.39 is 6.23 Å². The SMILES string of the molecule is CN[C@H](O)CC[C@H](C=O)NC. The van der Waals surface area contributed by atoms with E-state index in [0.717, 1.165) is 6.29 Å². The molecule has 0 bridgehead atoms. The number of aliphatic hydroxyl groups is 1. The third-order valence-electron chi connectivity index (χ3n) is 1.62. The number of hydrogen-bond donors (Lipinski definition) is 3. The molecule has 0 aromatic carbocycles. The molecule has 11 heavy (non-hydrogen) atoms. The number of nitrogens with one attached hydrogen (secondary N) is 2. The summed E-state index contributed by atoms with van der Waals surface area (Å²) < 4.78 is 0. The highest BCUT2D eigenvalue weighted by molar-refractivity contribution is 5.57. The Hall–Kier alpha value is -0.450. The van der Waals surface area contributed by atoms with Gasteiger partial charge in [0.15, 0.2) is 0 Å². The molecule has 0 unspecified atom stereocenters. The van der Waals surface area contributed by atoms with Crippen molar-refractivity contribution in [2.75, 3.05) is 14.1 Å². The van der Waals surface area contributed by atoms with Crippen LogP contribution in [0.25, 0.3) is 0 Å². The van der Waals surface area contributed by atoms with Crippen molar-refractivity contribution in [3.63, 3.8) is 0 Å². The van der Waals surface area contributed by atoms with Gasteiger partial charge in [-0.2, -0.15) is 0 Å². The Morgan fingerprint density at radius 2 is 2.00 bits per heavy atom. The summed E-state index contributed by atoms with van der Waals surface area (Å²) in [7, 11) is 3.41. The standard InChI is InChI=1S/C7H16N2O2/c1-8-6(5-10)3-4-7(11)9-2/h5-9,11H,3-4H2,1-2H3/t6-,7-/m1/s1. The van der Waals surface area contributed by atoms with Gasteiger partial charge in [0, 0.05) is 0 Å². The smallest absolute Gasteiger partial charge is 0.136 e. The average Bonchev–Trinajstić information content (AvgIpc) is 2.06. The maximum Gasteiger partial charge on any atom is 0.136 e. The maximum absolute atomic E-state index is 10.3. The van der Waals surface area contributed by atoms with Gasteiger partial charge in [0.25, 0.3) is 0 Å². The highest BCUT2D eigenvalue weighted by Gasteiger charge is 2.06. The molecule has 0 saturated carbocycles. The van der Waals surface area contributed by atoms with Crippen LogP contribution in [0.5, 0.6) is 0 Å². The second kappa shape index (κ2) is 6.27. The summed E-state index contributed by atoms with van der Waals surface area (Å²) in [5, 5.41) is 14.5. The van der Waals surface area contributed by atoms with Crippen molar-refractivity contribution in [3.05, 3.63) is 0 Å². The Bertz CT molecular complexity index is 109. The lowest BCUT2D eigenvalue weighted by molar-refractivity contribution is -0.109. The minimum Gasteiger partial charge on any atom is -0.379 e. The van der Waals surface area contributed by atoms with E-state index in [4.69, 9.17) is 5.11 Å². The van der Waals surface area contributed by atoms with Gasteiger partial charge in [-0.05, 0) is 26.9 Å². The van der Waals surface area contributed by atoms with Gasteiger partial charge in [0.1, 0.15) is 12.5 Å². The summed E-state index contributed by atoms with van der Waals surface area (Å²) in [4.78, 5) is 10.3. The second-order valence-corrected chi connectivity index (χ2v) is 2.41. The first-order valence-corrected chi connectivity index (χ1v) is 3.72. The van der Waals surface area contributed by atoms with E-state index in [1.54, 1.807) is 14.1 Å². The first-order valence-electron chi connectivity index (χ1n) is 3.72. The van der Waals surface area contributed by atoms with E-state index in [9.17, 15) is 4.79 Å². The van der Waals surface area contributed by atoms with Crippen molar-refractivity contribution in [2.45, 2.75) is 25.1 Å². The van der Waals surface area contributed by atoms with E-state index in [1.807, 2.05) is 0 Å². The van der Waals surface area contributed by atoms with E-state index in [1.165, 1.54) is 0 Å². The van der Waals surface area contributed by atoms with Crippen LogP contribution >= 0.6 is 0 Å². The first-order chi connectivity index (χ1) is 5.24. The van der Waals surface area contributed by atoms with Crippen molar-refractivity contribution in [1.29, 1.82) is 0 Å². The molecular weight excluding hydrogens is 144 g/mol. The molecule has 0 aliphatic heterocycles. The molecule has 2 atom stereocenters. The largest absolute Gasteiger partial charge is 0.379 e. The fourth-order valence-electron chi connectivity index (χ4n) is 0.762. The van der Waals surface area contributed by atoms with Gasteiger partial charge in [-0.15, -0.1) is 0 Å². The highest BCUT2D eigenvalue weighted by Crippen LogP contribution is 1.96. The van der Waals surface area contributed by atoms with Gasteiger partial charge in [-0.3, -0.25) is 5.32 Å². The van der Waals surface area contributed by atoms with E-state index in [0.29, 0.717) is 12.8 Å². The number of rotatable bonds is 6. The number of carbonyl (C=O) groups is 1. The molecule has 0 aromatic rings. The summed E-state index contributed by atoms with van der Waals surface area (Å²) in [6.07, 6.45) is 1.58. The van der Waals surface area contributed by atoms with Gasteiger partial charge >= 0.3 is 0 Å². The van der Waals surface area contributed by atoms with E-state index >= 15 is 0 Å². The van der Waals surface area contributed by atoms with Crippen LogP contribution in [0.4, 0.5) is 0 Å². The summed E-state index contributed by atoms with van der Waals surface area (Å²) in [5.74, 6) is 0. The fourth-order valence-corrected chi connectivity index (χ4v) is 0.762. The predicted octanol–water partition coefficient (Wildman–Crippen LogP) is -0.909. The van der Waals surface area contributed by atoms with Crippen LogP contribution in [-0.4, -0.2) is 37.8 Å². The third kappa shape index (κ3) is 4.89. The summed E-state index contributed by atoms with van der Waals surface area (Å²) in [6.45, 7) is 0. The summed E-state index contributed by atoms with van der Waals surface area (Å²) in [6, 6.07) is -0.141. The zero-order valence-electron chi connectivity index (χ0n) is 7.00. The van der Waals surface area contributed by atoms with Crippen LogP contribution in [0.2, 0.25) is 0 Å². The van der Waals surface area contributed by atoms with Gasteiger partial charge in [-0.25, -0.2) is 0 Å². The number of likely N-dealkylation sites (N-methyl/N-ethyl adjacent to an activating group) is 1. The lowest BCUT2D eigenvalue weighted by Gasteiger charge is -2.12. The molecule has 0 heterocycles. The van der Waals surface area contributed by atoms with Gasteiger partial charge in [-0.1, -0.05) is 0 Å². The van der Waals surface area contributed by atoms with Crippen LogP contribution in [0.15, 0.2) is 0 Å². The van der Waals surface area contributed by atoms with Crippen LogP contribution < -0.4 is 10.6 Å². The minimum absolute atomic E-state index is 0.141. The molecule has 0 spiro atoms. The Kier molecular flexibility index (Phi) is 6.02. The molecule has 3 N–H and O–H groups in total. The average molecular weight is 160 g/mol. The Labute approximate surface area is 67.0 Å². The normalized spacial score (nSPS) is 15.9. The fraction of sp³-hybridized carbons (Fsp3) is 0.857. The van der Waals surface area contributed by atoms with E-state index in [-0.39, 0.29) is 6.04 Å². The van der Waals surface area contributed by atoms with Gasteiger partial charge < -0.3 is 15.2 Å². The van der Waals surface area contributed by atoms with Gasteiger partial charge in [0.2, 0.25) is 0 Å². The molecule has 4 heteroatoms. The Morgan fingerprint density at radius 1 is 1.36 bits per heavy atom. The highest BCUT2D eigenvalue weighted by atomic mass is 16.3. The van der Waals surface area contributed by atoms with Crippen LogP contribution in [0.3, 0.4) is 0 Å². The van der Waals surface area contributed by atoms with Crippen molar-refractivity contribution in [1.82, 2.24) is 10.6 Å². The van der Waals surface area contributed by atoms with E-state index in [2.05, 4.69) is 10.6 Å². The zero-order valence-corrected chi connectivity index (χ0v) is 7.00. The number of aldehydes is 1. The summed E-state index contributed by atoms with van der Waals surface area (Å²) in [5.41, 5.74) is 0. The van der Waals surface area contributed by atoms with Crippen LogP contribution in [0.1, 0.15) is 12.8 Å². The molecule has 0 fully saturated rings. The molecule has 0 saturated heterocycles. The second-order valence-electron chi connectivity index (χ2n) is 2.41. The quantitative estimate of drug-likeness (QED) is 0.348. The maximum atomic E-state index is 10.3. The first kappa shape index (κ1) is 10.6. The van der Waals surface area contributed by atoms with Crippen molar-refractivity contribution in [2.24, 2.45) is 0 Å². The summed E-state index contributed by atoms with van der Waals surface area (Å²) >= 11 is 0. The van der Waals surface area contributed by atoms with Crippen molar-refractivity contribution >= 4 is 6.29 Å². The number of aliphatic hydroxyl groups excluding tert-OH is 1. The number of carbonyl (C=O) groups excluding carboxylic acids is 1. The molecule has 4 nitrogen and oxygen atoms in total. The van der Waals surface area contributed by atoms with Gasteiger partial charge in [0.05, 0.1) is 6.04 Å². The van der Waals surface area contributed by atoms with Crippen LogP contribution in [-0.2, 0) is 4.79 Å². The third-order valence-corrected chi connectivity index (χ3v) is 1.62. The molecule has 0 rings (SSSR count).